The molecule has 1 aliphatic heterocycles. The quantitative estimate of drug-likeness (QED) is 0.694. The van der Waals surface area contributed by atoms with Gasteiger partial charge in [-0.05, 0) is 39.0 Å². The molecule has 0 saturated heterocycles. The summed E-state index contributed by atoms with van der Waals surface area (Å²) in [6.07, 6.45) is 6.24. The monoisotopic (exact) mass is 194 g/mol. The first-order valence-corrected chi connectivity index (χ1v) is 5.75. The predicted molar refractivity (Wildman–Crippen MR) is 60.1 cm³/mol. The van der Waals surface area contributed by atoms with Crippen molar-refractivity contribution in [2.24, 2.45) is 11.7 Å². The molecule has 2 nitrogen and oxygen atoms in total. The minimum Gasteiger partial charge on any atom is -0.324 e. The van der Waals surface area contributed by atoms with Crippen molar-refractivity contribution in [2.45, 2.75) is 38.6 Å². The van der Waals surface area contributed by atoms with Crippen LogP contribution in [-0.4, -0.2) is 30.1 Å². The van der Waals surface area contributed by atoms with E-state index in [0.717, 1.165) is 19.0 Å². The van der Waals surface area contributed by atoms with Gasteiger partial charge in [-0.1, -0.05) is 11.6 Å². The van der Waals surface area contributed by atoms with Crippen LogP contribution in [0.25, 0.3) is 0 Å². The molecular weight excluding hydrogens is 172 g/mol. The second-order valence-electron chi connectivity index (χ2n) is 5.33. The molecule has 1 fully saturated rings. The molecule has 0 aromatic heterocycles. The number of hydrogen-bond acceptors (Lipinski definition) is 2. The molecule has 2 aliphatic rings. The molecule has 2 rings (SSSR count). The standard InChI is InChI=1S/C12H22N2/c1-10-4-3-7-14(8-10)9-12(2,13)11-5-6-11/h4,11H,3,5-9,13H2,1-2H3. The van der Waals surface area contributed by atoms with E-state index in [1.54, 1.807) is 0 Å². The number of nitrogens with zero attached hydrogens (tertiary/aromatic N) is 1. The molecular formula is C12H22N2. The predicted octanol–water partition coefficient (Wildman–Crippen LogP) is 1.77. The summed E-state index contributed by atoms with van der Waals surface area (Å²) >= 11 is 0. The van der Waals surface area contributed by atoms with E-state index >= 15 is 0 Å². The maximum absolute atomic E-state index is 6.34. The van der Waals surface area contributed by atoms with Crippen LogP contribution in [0.1, 0.15) is 33.1 Å². The summed E-state index contributed by atoms with van der Waals surface area (Å²) in [5.74, 6) is 0.786. The Morgan fingerprint density at radius 3 is 2.86 bits per heavy atom. The molecule has 2 N–H and O–H groups in total. The van der Waals surface area contributed by atoms with Crippen LogP contribution in [0.2, 0.25) is 0 Å². The van der Waals surface area contributed by atoms with Gasteiger partial charge < -0.3 is 5.73 Å². The summed E-state index contributed by atoms with van der Waals surface area (Å²) in [6.45, 7) is 7.83. The summed E-state index contributed by atoms with van der Waals surface area (Å²) in [7, 11) is 0. The van der Waals surface area contributed by atoms with Crippen LogP contribution < -0.4 is 5.73 Å². The highest BCUT2D eigenvalue weighted by atomic mass is 15.1. The molecule has 0 aromatic carbocycles. The molecule has 1 heterocycles. The first kappa shape index (κ1) is 10.2. The molecule has 2 heteroatoms. The number of nitrogens with two attached hydrogens (primary N) is 1. The summed E-state index contributed by atoms with van der Waals surface area (Å²) in [4.78, 5) is 2.51. The zero-order chi connectivity index (χ0) is 10.2. The Labute approximate surface area is 87.2 Å². The summed E-state index contributed by atoms with van der Waals surface area (Å²) in [6, 6.07) is 0. The SMILES string of the molecule is CC1=CCCN(CC(C)(N)C2CC2)C1. The van der Waals surface area contributed by atoms with Crippen LogP contribution in [0.3, 0.4) is 0 Å². The molecule has 0 radical (unpaired) electrons. The van der Waals surface area contributed by atoms with E-state index in [9.17, 15) is 0 Å². The van der Waals surface area contributed by atoms with E-state index in [-0.39, 0.29) is 5.54 Å². The van der Waals surface area contributed by atoms with Crippen molar-refractivity contribution in [2.75, 3.05) is 19.6 Å². The van der Waals surface area contributed by atoms with Crippen molar-refractivity contribution in [3.63, 3.8) is 0 Å². The van der Waals surface area contributed by atoms with Gasteiger partial charge in [0.2, 0.25) is 0 Å². The van der Waals surface area contributed by atoms with Gasteiger partial charge in [0.25, 0.3) is 0 Å². The third kappa shape index (κ3) is 2.37. The Bertz CT molecular complexity index is 239. The summed E-state index contributed by atoms with van der Waals surface area (Å²) in [5, 5.41) is 0. The van der Waals surface area contributed by atoms with Crippen molar-refractivity contribution in [3.05, 3.63) is 11.6 Å². The van der Waals surface area contributed by atoms with E-state index in [2.05, 4.69) is 24.8 Å². The van der Waals surface area contributed by atoms with E-state index in [4.69, 9.17) is 5.73 Å². The molecule has 1 aliphatic carbocycles. The summed E-state index contributed by atoms with van der Waals surface area (Å²) < 4.78 is 0. The Balaban J connectivity index is 1.87. The molecule has 1 unspecified atom stereocenters. The minimum absolute atomic E-state index is 0.0532. The fraction of sp³-hybridized carbons (Fsp3) is 0.833. The molecule has 1 atom stereocenters. The fourth-order valence-electron chi connectivity index (χ4n) is 2.48. The molecule has 80 valence electrons. The zero-order valence-electron chi connectivity index (χ0n) is 9.42. The average molecular weight is 194 g/mol. The summed E-state index contributed by atoms with van der Waals surface area (Å²) in [5.41, 5.74) is 7.89. The molecule has 0 bridgehead atoms. The largest absolute Gasteiger partial charge is 0.324 e. The Morgan fingerprint density at radius 2 is 2.29 bits per heavy atom. The lowest BCUT2D eigenvalue weighted by Gasteiger charge is -2.34. The molecule has 0 spiro atoms. The van der Waals surface area contributed by atoms with Crippen molar-refractivity contribution < 1.29 is 0 Å². The smallest absolute Gasteiger partial charge is 0.0283 e. The maximum Gasteiger partial charge on any atom is 0.0283 e. The second kappa shape index (κ2) is 3.67. The Morgan fingerprint density at radius 1 is 1.57 bits per heavy atom. The van der Waals surface area contributed by atoms with Gasteiger partial charge in [0, 0.05) is 25.2 Å². The van der Waals surface area contributed by atoms with Crippen LogP contribution >= 0.6 is 0 Å². The zero-order valence-corrected chi connectivity index (χ0v) is 9.42. The van der Waals surface area contributed by atoms with Crippen molar-refractivity contribution in [1.29, 1.82) is 0 Å². The van der Waals surface area contributed by atoms with Gasteiger partial charge >= 0.3 is 0 Å². The number of rotatable bonds is 3. The second-order valence-corrected chi connectivity index (χ2v) is 5.33. The maximum atomic E-state index is 6.34. The highest BCUT2D eigenvalue weighted by Crippen LogP contribution is 2.38. The van der Waals surface area contributed by atoms with Crippen molar-refractivity contribution >= 4 is 0 Å². The third-order valence-electron chi connectivity index (χ3n) is 3.49. The van der Waals surface area contributed by atoms with Crippen LogP contribution in [0.4, 0.5) is 0 Å². The van der Waals surface area contributed by atoms with Gasteiger partial charge in [-0.15, -0.1) is 0 Å². The van der Waals surface area contributed by atoms with Crippen LogP contribution in [0.5, 0.6) is 0 Å². The lowest BCUT2D eigenvalue weighted by atomic mass is 9.95. The Kier molecular flexibility index (Phi) is 2.67. The topological polar surface area (TPSA) is 29.3 Å². The van der Waals surface area contributed by atoms with Crippen LogP contribution in [0, 0.1) is 5.92 Å². The highest BCUT2D eigenvalue weighted by molar-refractivity contribution is 5.06. The van der Waals surface area contributed by atoms with E-state index in [1.807, 2.05) is 0 Å². The van der Waals surface area contributed by atoms with Gasteiger partial charge in [-0.3, -0.25) is 4.90 Å². The van der Waals surface area contributed by atoms with E-state index in [0.29, 0.717) is 0 Å². The van der Waals surface area contributed by atoms with Gasteiger partial charge in [0.15, 0.2) is 0 Å². The average Bonchev–Trinajstić information content (AvgIpc) is 2.84. The van der Waals surface area contributed by atoms with Gasteiger partial charge in [-0.25, -0.2) is 0 Å². The minimum atomic E-state index is 0.0532. The lowest BCUT2D eigenvalue weighted by Crippen LogP contribution is -2.50. The first-order valence-electron chi connectivity index (χ1n) is 5.75. The highest BCUT2D eigenvalue weighted by Gasteiger charge is 2.39. The van der Waals surface area contributed by atoms with Crippen LogP contribution in [0.15, 0.2) is 11.6 Å². The van der Waals surface area contributed by atoms with E-state index in [1.165, 1.54) is 31.4 Å². The van der Waals surface area contributed by atoms with E-state index < -0.39 is 0 Å². The Hall–Kier alpha value is -0.340. The molecule has 14 heavy (non-hydrogen) atoms. The van der Waals surface area contributed by atoms with Crippen LogP contribution in [-0.2, 0) is 0 Å². The lowest BCUT2D eigenvalue weighted by molar-refractivity contribution is 0.212. The molecule has 1 saturated carbocycles. The molecule has 0 amide bonds. The first-order chi connectivity index (χ1) is 6.58. The van der Waals surface area contributed by atoms with Crippen molar-refractivity contribution in [1.82, 2.24) is 4.90 Å². The van der Waals surface area contributed by atoms with Gasteiger partial charge in [0.05, 0.1) is 0 Å². The van der Waals surface area contributed by atoms with Gasteiger partial charge in [-0.2, -0.15) is 0 Å². The normalized spacial score (nSPS) is 28.4. The third-order valence-corrected chi connectivity index (χ3v) is 3.49. The fourth-order valence-corrected chi connectivity index (χ4v) is 2.48. The molecule has 0 aromatic rings. The van der Waals surface area contributed by atoms with Crippen molar-refractivity contribution in [3.8, 4) is 0 Å². The number of hydrogen-bond donors (Lipinski definition) is 1. The van der Waals surface area contributed by atoms with Gasteiger partial charge in [0.1, 0.15) is 0 Å².